The van der Waals surface area contributed by atoms with Gasteiger partial charge in [0, 0.05) is 11.4 Å². The van der Waals surface area contributed by atoms with Crippen LogP contribution in [0.15, 0.2) is 30.3 Å². The second-order valence-corrected chi connectivity index (χ2v) is 6.73. The van der Waals surface area contributed by atoms with Gasteiger partial charge in [0.25, 0.3) is 5.91 Å². The molecule has 0 aliphatic carbocycles. The second-order valence-electron chi connectivity index (χ2n) is 5.55. The van der Waals surface area contributed by atoms with Crippen LogP contribution in [0.4, 0.5) is 5.13 Å². The van der Waals surface area contributed by atoms with Gasteiger partial charge in [-0.2, -0.15) is 0 Å². The first-order valence-electron chi connectivity index (χ1n) is 7.33. The zero-order valence-electron chi connectivity index (χ0n) is 13.5. The normalized spacial score (nSPS) is 10.8. The summed E-state index contributed by atoms with van der Waals surface area (Å²) in [4.78, 5) is 12.7. The van der Waals surface area contributed by atoms with Gasteiger partial charge in [-0.3, -0.25) is 10.1 Å². The topological polar surface area (TPSA) is 59.8 Å². The third kappa shape index (κ3) is 3.03. The Bertz CT molecular complexity index is 859. The number of nitrogens with one attached hydrogen (secondary N) is 1. The third-order valence-electron chi connectivity index (χ3n) is 3.66. The van der Waals surface area contributed by atoms with Crippen LogP contribution in [0.2, 0.25) is 0 Å². The lowest BCUT2D eigenvalue weighted by molar-refractivity contribution is 0.102. The van der Waals surface area contributed by atoms with Crippen LogP contribution in [0.3, 0.4) is 0 Å². The van der Waals surface area contributed by atoms with Crippen molar-refractivity contribution in [3.05, 3.63) is 57.9 Å². The molecular formula is C17H18N4OS. The van der Waals surface area contributed by atoms with Crippen molar-refractivity contribution in [2.75, 3.05) is 5.32 Å². The summed E-state index contributed by atoms with van der Waals surface area (Å²) in [5.74, 6) is -0.174. The Morgan fingerprint density at radius 2 is 1.74 bits per heavy atom. The molecule has 5 nitrogen and oxygen atoms in total. The van der Waals surface area contributed by atoms with Crippen LogP contribution in [0, 0.1) is 27.7 Å². The van der Waals surface area contributed by atoms with Crippen molar-refractivity contribution in [3.63, 3.8) is 0 Å². The zero-order valence-corrected chi connectivity index (χ0v) is 14.4. The average molecular weight is 326 g/mol. The zero-order chi connectivity index (χ0) is 16.6. The monoisotopic (exact) mass is 326 g/mol. The maximum absolute atomic E-state index is 12.7. The van der Waals surface area contributed by atoms with E-state index in [4.69, 9.17) is 0 Å². The Balaban J connectivity index is 2.04. The van der Waals surface area contributed by atoms with Crippen LogP contribution in [-0.2, 0) is 0 Å². The SMILES string of the molecule is Cc1ccc(-n2c(C)ccc2C)c(C(=O)Nc2nnc(C)s2)c1. The molecule has 6 heteroatoms. The second kappa shape index (κ2) is 5.96. The molecule has 23 heavy (non-hydrogen) atoms. The minimum Gasteiger partial charge on any atom is -0.318 e. The van der Waals surface area contributed by atoms with Gasteiger partial charge in [-0.05, 0) is 52.0 Å². The highest BCUT2D eigenvalue weighted by Crippen LogP contribution is 2.23. The number of hydrogen-bond acceptors (Lipinski definition) is 4. The molecule has 1 aromatic carbocycles. The third-order valence-corrected chi connectivity index (χ3v) is 4.41. The summed E-state index contributed by atoms with van der Waals surface area (Å²) in [6.45, 7) is 7.90. The number of aromatic nitrogens is 3. The molecule has 0 fully saturated rings. The van der Waals surface area contributed by atoms with Crippen LogP contribution in [0.1, 0.15) is 32.3 Å². The van der Waals surface area contributed by atoms with Crippen molar-refractivity contribution < 1.29 is 4.79 Å². The van der Waals surface area contributed by atoms with Gasteiger partial charge in [0.05, 0.1) is 11.3 Å². The van der Waals surface area contributed by atoms with Gasteiger partial charge in [-0.25, -0.2) is 0 Å². The summed E-state index contributed by atoms with van der Waals surface area (Å²) in [5, 5.41) is 12.1. The van der Waals surface area contributed by atoms with Crippen LogP contribution >= 0.6 is 11.3 Å². The summed E-state index contributed by atoms with van der Waals surface area (Å²) in [7, 11) is 0. The summed E-state index contributed by atoms with van der Waals surface area (Å²) < 4.78 is 2.08. The highest BCUT2D eigenvalue weighted by Gasteiger charge is 2.17. The highest BCUT2D eigenvalue weighted by atomic mass is 32.1. The highest BCUT2D eigenvalue weighted by molar-refractivity contribution is 7.15. The molecule has 118 valence electrons. The van der Waals surface area contributed by atoms with E-state index in [0.29, 0.717) is 10.7 Å². The lowest BCUT2D eigenvalue weighted by Crippen LogP contribution is -2.16. The summed E-state index contributed by atoms with van der Waals surface area (Å²) in [6.07, 6.45) is 0. The molecule has 0 radical (unpaired) electrons. The summed E-state index contributed by atoms with van der Waals surface area (Å²) in [5.41, 5.74) is 4.71. The standard InChI is InChI=1S/C17H18N4OS/c1-10-5-8-15(21-11(2)6-7-12(21)3)14(9-10)16(22)18-17-20-19-13(4)23-17/h5-9H,1-4H3,(H,18,20,22). The van der Waals surface area contributed by atoms with Gasteiger partial charge in [-0.1, -0.05) is 23.0 Å². The molecule has 0 atom stereocenters. The Morgan fingerprint density at radius 1 is 1.04 bits per heavy atom. The molecule has 0 bridgehead atoms. The number of amides is 1. The first kappa shape index (κ1) is 15.4. The largest absolute Gasteiger partial charge is 0.318 e. The number of hydrogen-bond donors (Lipinski definition) is 1. The molecule has 0 saturated carbocycles. The van der Waals surface area contributed by atoms with E-state index in [-0.39, 0.29) is 5.91 Å². The van der Waals surface area contributed by atoms with Crippen LogP contribution in [0.25, 0.3) is 5.69 Å². The van der Waals surface area contributed by atoms with Gasteiger partial charge >= 0.3 is 0 Å². The van der Waals surface area contributed by atoms with Crippen molar-refractivity contribution in [1.29, 1.82) is 0 Å². The Morgan fingerprint density at radius 3 is 2.35 bits per heavy atom. The van der Waals surface area contributed by atoms with E-state index in [1.54, 1.807) is 0 Å². The van der Waals surface area contributed by atoms with E-state index >= 15 is 0 Å². The van der Waals surface area contributed by atoms with Gasteiger partial charge in [0.2, 0.25) is 5.13 Å². The van der Waals surface area contributed by atoms with Crippen LogP contribution in [0.5, 0.6) is 0 Å². The number of carbonyl (C=O) groups excluding carboxylic acids is 1. The minimum absolute atomic E-state index is 0.174. The molecule has 0 unspecified atom stereocenters. The van der Waals surface area contributed by atoms with E-state index in [1.807, 2.05) is 58.0 Å². The van der Waals surface area contributed by atoms with Gasteiger partial charge in [-0.15, -0.1) is 10.2 Å². The number of anilines is 1. The van der Waals surface area contributed by atoms with Crippen LogP contribution < -0.4 is 5.32 Å². The van der Waals surface area contributed by atoms with Gasteiger partial charge in [0.15, 0.2) is 0 Å². The van der Waals surface area contributed by atoms with Gasteiger partial charge < -0.3 is 4.57 Å². The number of nitrogens with zero attached hydrogens (tertiary/aromatic N) is 3. The van der Waals surface area contributed by atoms with Crippen molar-refractivity contribution in [1.82, 2.24) is 14.8 Å². The van der Waals surface area contributed by atoms with E-state index in [2.05, 4.69) is 20.1 Å². The lowest BCUT2D eigenvalue weighted by Gasteiger charge is -2.15. The lowest BCUT2D eigenvalue weighted by atomic mass is 10.1. The van der Waals surface area contributed by atoms with Crippen molar-refractivity contribution in [2.24, 2.45) is 0 Å². The maximum atomic E-state index is 12.7. The molecule has 3 rings (SSSR count). The molecule has 0 aliphatic rings. The summed E-state index contributed by atoms with van der Waals surface area (Å²) >= 11 is 1.36. The molecule has 3 aromatic rings. The van der Waals surface area contributed by atoms with Crippen molar-refractivity contribution >= 4 is 22.4 Å². The number of aryl methyl sites for hydroxylation is 4. The fourth-order valence-electron chi connectivity index (χ4n) is 2.59. The maximum Gasteiger partial charge on any atom is 0.259 e. The van der Waals surface area contributed by atoms with E-state index in [9.17, 15) is 4.79 Å². The van der Waals surface area contributed by atoms with Crippen LogP contribution in [-0.4, -0.2) is 20.7 Å². The Labute approximate surface area is 139 Å². The molecule has 0 saturated heterocycles. The average Bonchev–Trinajstić information content (AvgIpc) is 3.05. The van der Waals surface area contributed by atoms with Gasteiger partial charge in [0.1, 0.15) is 5.01 Å². The molecule has 2 heterocycles. The number of benzene rings is 1. The predicted molar refractivity (Wildman–Crippen MR) is 92.6 cm³/mol. The molecule has 2 aromatic heterocycles. The summed E-state index contributed by atoms with van der Waals surface area (Å²) in [6, 6.07) is 9.99. The molecule has 0 spiro atoms. The number of rotatable bonds is 3. The molecule has 1 N–H and O–H groups in total. The minimum atomic E-state index is -0.174. The Hall–Kier alpha value is -2.47. The smallest absolute Gasteiger partial charge is 0.259 e. The molecule has 0 aliphatic heterocycles. The molecule has 1 amide bonds. The van der Waals surface area contributed by atoms with E-state index < -0.39 is 0 Å². The Kier molecular flexibility index (Phi) is 4.00. The fourth-order valence-corrected chi connectivity index (χ4v) is 3.17. The van der Waals surface area contributed by atoms with Crippen molar-refractivity contribution in [2.45, 2.75) is 27.7 Å². The first-order chi connectivity index (χ1) is 11.0. The number of carbonyl (C=O) groups is 1. The van der Waals surface area contributed by atoms with E-state index in [1.165, 1.54) is 11.3 Å². The predicted octanol–water partition coefficient (Wildman–Crippen LogP) is 3.81. The first-order valence-corrected chi connectivity index (χ1v) is 8.15. The fraction of sp³-hybridized carbons (Fsp3) is 0.235. The van der Waals surface area contributed by atoms with E-state index in [0.717, 1.165) is 27.6 Å². The molecular weight excluding hydrogens is 308 g/mol. The van der Waals surface area contributed by atoms with Crippen molar-refractivity contribution in [3.8, 4) is 5.69 Å². The quantitative estimate of drug-likeness (QED) is 0.796.